The van der Waals surface area contributed by atoms with E-state index in [-0.39, 0.29) is 0 Å². The largest absolute Gasteiger partial charge is 0.399 e. The highest BCUT2D eigenvalue weighted by Gasteiger charge is 2.20. The van der Waals surface area contributed by atoms with E-state index in [0.29, 0.717) is 0 Å². The first kappa shape index (κ1) is 17.7. The first-order chi connectivity index (χ1) is 15.2. The number of fused-ring (bicyclic) bond motifs is 2. The Labute approximate surface area is 178 Å². The molecule has 31 heavy (non-hydrogen) atoms. The number of aromatic amines is 1. The smallest absolute Gasteiger partial charge is 0.227 e. The fourth-order valence-corrected chi connectivity index (χ4v) is 4.07. The predicted molar refractivity (Wildman–Crippen MR) is 122 cm³/mol. The molecule has 0 amide bonds. The van der Waals surface area contributed by atoms with Crippen LogP contribution in [0.3, 0.4) is 0 Å². The molecule has 2 aromatic carbocycles. The lowest BCUT2D eigenvalue weighted by molar-refractivity contribution is 0.641. The molecule has 0 unspecified atom stereocenters. The molecule has 9 nitrogen and oxygen atoms in total. The average Bonchev–Trinajstić information content (AvgIpc) is 3.45. The quantitative estimate of drug-likeness (QED) is 0.440. The molecule has 0 atom stereocenters. The van der Waals surface area contributed by atoms with Crippen molar-refractivity contribution >= 4 is 39.4 Å². The second-order valence-electron chi connectivity index (χ2n) is 7.70. The van der Waals surface area contributed by atoms with E-state index in [0.717, 1.165) is 65.6 Å². The molecule has 5 aromatic rings. The molecule has 3 aromatic heterocycles. The number of piperazine rings is 1. The Balaban J connectivity index is 1.27. The van der Waals surface area contributed by atoms with E-state index in [4.69, 9.17) is 10.7 Å². The molecule has 154 valence electrons. The van der Waals surface area contributed by atoms with Crippen LogP contribution in [0.5, 0.6) is 0 Å². The van der Waals surface area contributed by atoms with Gasteiger partial charge in [-0.05, 0) is 42.5 Å². The number of anilines is 3. The number of benzene rings is 2. The molecule has 4 heterocycles. The summed E-state index contributed by atoms with van der Waals surface area (Å²) in [5.74, 6) is 0.730. The summed E-state index contributed by atoms with van der Waals surface area (Å²) in [6, 6.07) is 14.2. The Morgan fingerprint density at radius 1 is 0.839 bits per heavy atom. The summed E-state index contributed by atoms with van der Waals surface area (Å²) in [5.41, 5.74) is 11.3. The third-order valence-electron chi connectivity index (χ3n) is 5.80. The van der Waals surface area contributed by atoms with Crippen LogP contribution in [0.2, 0.25) is 0 Å². The van der Waals surface area contributed by atoms with Gasteiger partial charge in [-0.1, -0.05) is 0 Å². The van der Waals surface area contributed by atoms with Gasteiger partial charge in [0, 0.05) is 42.9 Å². The lowest BCUT2D eigenvalue weighted by Gasteiger charge is -2.36. The van der Waals surface area contributed by atoms with E-state index < -0.39 is 0 Å². The van der Waals surface area contributed by atoms with Gasteiger partial charge < -0.3 is 15.5 Å². The van der Waals surface area contributed by atoms with Crippen molar-refractivity contribution in [3.05, 3.63) is 61.2 Å². The molecule has 6 rings (SSSR count). The van der Waals surface area contributed by atoms with Crippen LogP contribution in [0.15, 0.2) is 61.2 Å². The fourth-order valence-electron chi connectivity index (χ4n) is 4.07. The third kappa shape index (κ3) is 3.10. The van der Waals surface area contributed by atoms with Gasteiger partial charge in [0.1, 0.15) is 11.8 Å². The number of nitrogens with zero attached hydrogens (tertiary/aromatic N) is 7. The van der Waals surface area contributed by atoms with E-state index in [2.05, 4.69) is 48.2 Å². The molecule has 1 saturated heterocycles. The Morgan fingerprint density at radius 3 is 2.45 bits per heavy atom. The Hall–Kier alpha value is -4.14. The van der Waals surface area contributed by atoms with Crippen molar-refractivity contribution in [3.8, 4) is 5.69 Å². The summed E-state index contributed by atoms with van der Waals surface area (Å²) in [6.07, 6.45) is 5.41. The molecule has 0 spiro atoms. The number of nitrogens with one attached hydrogen (secondary N) is 1. The van der Waals surface area contributed by atoms with Crippen LogP contribution < -0.4 is 15.5 Å². The number of nitrogens with two attached hydrogens (primary N) is 1. The zero-order valence-corrected chi connectivity index (χ0v) is 16.8. The van der Waals surface area contributed by atoms with E-state index >= 15 is 0 Å². The van der Waals surface area contributed by atoms with E-state index in [1.54, 1.807) is 12.5 Å². The van der Waals surface area contributed by atoms with E-state index in [1.165, 1.54) is 5.69 Å². The molecule has 1 aliphatic heterocycles. The lowest BCUT2D eigenvalue weighted by atomic mass is 10.2. The van der Waals surface area contributed by atoms with Crippen LogP contribution in [0, 0.1) is 0 Å². The van der Waals surface area contributed by atoms with Crippen molar-refractivity contribution < 1.29 is 0 Å². The molecule has 0 aliphatic carbocycles. The lowest BCUT2D eigenvalue weighted by Crippen LogP contribution is -2.47. The Bertz CT molecular complexity index is 1360. The second-order valence-corrected chi connectivity index (χ2v) is 7.70. The summed E-state index contributed by atoms with van der Waals surface area (Å²) in [5, 5.41) is 8.19. The van der Waals surface area contributed by atoms with Gasteiger partial charge in [0.15, 0.2) is 5.65 Å². The molecule has 0 saturated carbocycles. The van der Waals surface area contributed by atoms with Crippen LogP contribution in [0.1, 0.15) is 0 Å². The van der Waals surface area contributed by atoms with Crippen LogP contribution in [-0.2, 0) is 0 Å². The standard InChI is InChI=1S/C22H21N9/c23-16-2-5-17(6-3-16)29-7-9-30(10-8-29)22-24-13-20-21(27-22)31(14-25-20)18-4-1-15-12-26-28-19(15)11-18/h1-6,11-14H,7-10,23H2,(H,26,28). The minimum absolute atomic E-state index is 0.730. The van der Waals surface area contributed by atoms with Crippen molar-refractivity contribution in [2.45, 2.75) is 0 Å². The average molecular weight is 411 g/mol. The van der Waals surface area contributed by atoms with Crippen LogP contribution >= 0.6 is 0 Å². The fraction of sp³-hybridized carbons (Fsp3) is 0.182. The van der Waals surface area contributed by atoms with Crippen LogP contribution in [0.4, 0.5) is 17.3 Å². The summed E-state index contributed by atoms with van der Waals surface area (Å²) < 4.78 is 1.99. The van der Waals surface area contributed by atoms with Gasteiger partial charge in [-0.25, -0.2) is 9.97 Å². The number of rotatable bonds is 3. The zero-order chi connectivity index (χ0) is 20.8. The van der Waals surface area contributed by atoms with Crippen LogP contribution in [0.25, 0.3) is 27.8 Å². The van der Waals surface area contributed by atoms with Crippen molar-refractivity contribution in [3.63, 3.8) is 0 Å². The van der Waals surface area contributed by atoms with Crippen LogP contribution in [-0.4, -0.2) is 55.9 Å². The van der Waals surface area contributed by atoms with E-state index in [1.807, 2.05) is 35.0 Å². The molecule has 0 bridgehead atoms. The molecule has 3 N–H and O–H groups in total. The summed E-state index contributed by atoms with van der Waals surface area (Å²) in [7, 11) is 0. The highest BCUT2D eigenvalue weighted by atomic mass is 15.3. The van der Waals surface area contributed by atoms with Gasteiger partial charge in [0.2, 0.25) is 5.95 Å². The topological polar surface area (TPSA) is 105 Å². The minimum Gasteiger partial charge on any atom is -0.399 e. The summed E-state index contributed by atoms with van der Waals surface area (Å²) in [4.78, 5) is 18.5. The van der Waals surface area contributed by atoms with Crippen molar-refractivity contribution in [2.24, 2.45) is 0 Å². The van der Waals surface area contributed by atoms with Gasteiger partial charge in [-0.15, -0.1) is 0 Å². The van der Waals surface area contributed by atoms with Crippen molar-refractivity contribution in [2.75, 3.05) is 41.7 Å². The highest BCUT2D eigenvalue weighted by Crippen LogP contribution is 2.23. The summed E-state index contributed by atoms with van der Waals surface area (Å²) >= 11 is 0. The number of nitrogen functional groups attached to an aromatic ring is 1. The number of hydrogen-bond donors (Lipinski definition) is 2. The normalized spacial score (nSPS) is 14.6. The second kappa shape index (κ2) is 6.98. The molecule has 0 radical (unpaired) electrons. The maximum absolute atomic E-state index is 5.81. The minimum atomic E-state index is 0.730. The van der Waals surface area contributed by atoms with Gasteiger partial charge in [-0.2, -0.15) is 10.1 Å². The van der Waals surface area contributed by atoms with E-state index in [9.17, 15) is 0 Å². The first-order valence-corrected chi connectivity index (χ1v) is 10.2. The number of H-pyrrole nitrogens is 1. The third-order valence-corrected chi connectivity index (χ3v) is 5.80. The van der Waals surface area contributed by atoms with Crippen molar-refractivity contribution in [1.29, 1.82) is 0 Å². The van der Waals surface area contributed by atoms with Crippen molar-refractivity contribution in [1.82, 2.24) is 29.7 Å². The Kier molecular flexibility index (Phi) is 3.98. The highest BCUT2D eigenvalue weighted by molar-refractivity contribution is 5.81. The molecular formula is C22H21N9. The monoisotopic (exact) mass is 411 g/mol. The molecule has 9 heteroatoms. The maximum Gasteiger partial charge on any atom is 0.227 e. The predicted octanol–water partition coefficient (Wildman–Crippen LogP) is 2.60. The number of aromatic nitrogens is 6. The molecular weight excluding hydrogens is 390 g/mol. The maximum atomic E-state index is 5.81. The molecule has 1 aliphatic rings. The summed E-state index contributed by atoms with van der Waals surface area (Å²) in [6.45, 7) is 3.51. The Morgan fingerprint density at radius 2 is 1.61 bits per heavy atom. The van der Waals surface area contributed by atoms with Gasteiger partial charge in [0.25, 0.3) is 0 Å². The van der Waals surface area contributed by atoms with Gasteiger partial charge in [0.05, 0.1) is 23.6 Å². The first-order valence-electron chi connectivity index (χ1n) is 10.2. The zero-order valence-electron chi connectivity index (χ0n) is 16.8. The number of hydrogen-bond acceptors (Lipinski definition) is 7. The SMILES string of the molecule is Nc1ccc(N2CCN(c3ncc4ncn(-c5ccc6cn[nH]c6c5)c4n3)CC2)cc1. The van der Waals surface area contributed by atoms with Gasteiger partial charge in [-0.3, -0.25) is 9.67 Å². The molecule has 1 fully saturated rings. The van der Waals surface area contributed by atoms with Gasteiger partial charge >= 0.3 is 0 Å². The number of imidazole rings is 1.